The minimum absolute atomic E-state index is 0.433. The predicted octanol–water partition coefficient (Wildman–Crippen LogP) is 4.05. The zero-order valence-electron chi connectivity index (χ0n) is 15.7. The van der Waals surface area contributed by atoms with E-state index >= 15 is 0 Å². The summed E-state index contributed by atoms with van der Waals surface area (Å²) < 4.78 is 0. The zero-order valence-corrected chi connectivity index (χ0v) is 16.4. The molecule has 6 heteroatoms. The van der Waals surface area contributed by atoms with Crippen molar-refractivity contribution in [2.24, 2.45) is 11.7 Å². The van der Waals surface area contributed by atoms with Crippen LogP contribution in [0.25, 0.3) is 22.4 Å². The number of fused-ring (bicyclic) bond motifs is 1. The molecule has 1 aromatic carbocycles. The number of hydrogen-bond donors (Lipinski definition) is 2. The molecule has 0 bridgehead atoms. The van der Waals surface area contributed by atoms with Gasteiger partial charge in [0.05, 0.1) is 10.5 Å². The Balaban J connectivity index is 1.58. The summed E-state index contributed by atoms with van der Waals surface area (Å²) in [6.07, 6.45) is 5.33. The summed E-state index contributed by atoms with van der Waals surface area (Å²) >= 11 is 6.24. The monoisotopic (exact) mass is 383 g/mol. The number of piperidine rings is 1. The molecule has 3 heterocycles. The van der Waals surface area contributed by atoms with Gasteiger partial charge in [-0.25, -0.2) is 4.98 Å². The van der Waals surface area contributed by atoms with Crippen molar-refractivity contribution in [3.8, 4) is 11.4 Å². The Hall–Kier alpha value is -1.95. The highest BCUT2D eigenvalue weighted by Gasteiger charge is 2.27. The van der Waals surface area contributed by atoms with Gasteiger partial charge in [0.2, 0.25) is 0 Å². The number of hydrogen-bond acceptors (Lipinski definition) is 4. The van der Waals surface area contributed by atoms with Crippen LogP contribution in [0.5, 0.6) is 0 Å². The quantitative estimate of drug-likeness (QED) is 0.697. The number of nitrogens with one attached hydrogen (secondary N) is 1. The summed E-state index contributed by atoms with van der Waals surface area (Å²) in [7, 11) is 2.20. The lowest BCUT2D eigenvalue weighted by Crippen LogP contribution is -2.33. The minimum Gasteiger partial charge on any atom is -0.338 e. The van der Waals surface area contributed by atoms with Crippen molar-refractivity contribution in [1.29, 1.82) is 0 Å². The highest BCUT2D eigenvalue weighted by atomic mass is 35.5. The van der Waals surface area contributed by atoms with Crippen LogP contribution >= 0.6 is 11.6 Å². The molecular formula is C21H26ClN5. The molecule has 1 atom stereocenters. The Morgan fingerprint density at radius 1 is 1.26 bits per heavy atom. The first-order valence-corrected chi connectivity index (χ1v) is 10.0. The summed E-state index contributed by atoms with van der Waals surface area (Å²) in [5.74, 6) is 1.89. The minimum atomic E-state index is 0.433. The average Bonchev–Trinajstić information content (AvgIpc) is 3.13. The van der Waals surface area contributed by atoms with Crippen LogP contribution in [0.3, 0.4) is 0 Å². The van der Waals surface area contributed by atoms with Crippen molar-refractivity contribution in [3.63, 3.8) is 0 Å². The molecule has 3 aromatic rings. The molecule has 27 heavy (non-hydrogen) atoms. The molecule has 2 aromatic heterocycles. The van der Waals surface area contributed by atoms with Crippen LogP contribution in [-0.4, -0.2) is 46.5 Å². The average molecular weight is 384 g/mol. The number of imidazole rings is 1. The SMILES string of the molecule is CN1CCC(C(CCN)c2ccc(-c3nc4c(Cl)cccc4[nH]3)cn2)CC1. The summed E-state index contributed by atoms with van der Waals surface area (Å²) in [5.41, 5.74) is 9.77. The third-order valence-electron chi connectivity index (χ3n) is 5.71. The highest BCUT2D eigenvalue weighted by Crippen LogP contribution is 2.34. The number of aromatic amines is 1. The van der Waals surface area contributed by atoms with Crippen LogP contribution in [0.4, 0.5) is 0 Å². The highest BCUT2D eigenvalue weighted by molar-refractivity contribution is 6.34. The molecule has 142 valence electrons. The fourth-order valence-electron chi connectivity index (χ4n) is 4.13. The Morgan fingerprint density at radius 2 is 2.07 bits per heavy atom. The van der Waals surface area contributed by atoms with E-state index in [1.165, 1.54) is 12.8 Å². The van der Waals surface area contributed by atoms with Crippen molar-refractivity contribution >= 4 is 22.6 Å². The third kappa shape index (κ3) is 3.86. The lowest BCUT2D eigenvalue weighted by atomic mass is 9.80. The van der Waals surface area contributed by atoms with E-state index in [-0.39, 0.29) is 0 Å². The van der Waals surface area contributed by atoms with Gasteiger partial charge in [0.1, 0.15) is 11.3 Å². The lowest BCUT2D eigenvalue weighted by Gasteiger charge is -2.34. The van der Waals surface area contributed by atoms with E-state index in [2.05, 4.69) is 34.0 Å². The van der Waals surface area contributed by atoms with Crippen molar-refractivity contribution in [2.75, 3.05) is 26.7 Å². The largest absolute Gasteiger partial charge is 0.338 e. The van der Waals surface area contributed by atoms with Crippen molar-refractivity contribution in [2.45, 2.75) is 25.2 Å². The van der Waals surface area contributed by atoms with E-state index in [0.717, 1.165) is 47.6 Å². The number of halogens is 1. The van der Waals surface area contributed by atoms with E-state index < -0.39 is 0 Å². The van der Waals surface area contributed by atoms with Gasteiger partial charge in [-0.3, -0.25) is 4.98 Å². The molecule has 1 aliphatic heterocycles. The third-order valence-corrected chi connectivity index (χ3v) is 6.02. The Bertz CT molecular complexity index is 897. The molecule has 0 aliphatic carbocycles. The second-order valence-corrected chi connectivity index (χ2v) is 7.92. The van der Waals surface area contributed by atoms with Gasteiger partial charge in [-0.15, -0.1) is 0 Å². The number of aromatic nitrogens is 3. The normalized spacial score (nSPS) is 17.4. The van der Waals surface area contributed by atoms with Gasteiger partial charge in [-0.05, 0) is 76.1 Å². The molecule has 0 radical (unpaired) electrons. The van der Waals surface area contributed by atoms with E-state index in [9.17, 15) is 0 Å². The Kier molecular flexibility index (Phi) is 5.43. The summed E-state index contributed by atoms with van der Waals surface area (Å²) in [6.45, 7) is 3.01. The van der Waals surface area contributed by atoms with Crippen LogP contribution < -0.4 is 5.73 Å². The first-order valence-electron chi connectivity index (χ1n) is 9.65. The predicted molar refractivity (Wildman–Crippen MR) is 111 cm³/mol. The van der Waals surface area contributed by atoms with Crippen molar-refractivity contribution < 1.29 is 0 Å². The van der Waals surface area contributed by atoms with Crippen molar-refractivity contribution in [3.05, 3.63) is 47.2 Å². The van der Waals surface area contributed by atoms with Gasteiger partial charge in [0.25, 0.3) is 0 Å². The fraction of sp³-hybridized carbons (Fsp3) is 0.429. The second-order valence-electron chi connectivity index (χ2n) is 7.52. The van der Waals surface area contributed by atoms with Gasteiger partial charge in [0, 0.05) is 23.4 Å². The Morgan fingerprint density at radius 3 is 2.74 bits per heavy atom. The number of rotatable bonds is 5. The molecule has 0 spiro atoms. The summed E-state index contributed by atoms with van der Waals surface area (Å²) in [5, 5.41) is 0.657. The smallest absolute Gasteiger partial charge is 0.140 e. The molecule has 3 N–H and O–H groups in total. The van der Waals surface area contributed by atoms with E-state index in [1.54, 1.807) is 0 Å². The maximum atomic E-state index is 6.24. The van der Waals surface area contributed by atoms with Gasteiger partial charge < -0.3 is 15.6 Å². The van der Waals surface area contributed by atoms with Gasteiger partial charge >= 0.3 is 0 Å². The number of nitrogens with zero attached hydrogens (tertiary/aromatic N) is 3. The van der Waals surface area contributed by atoms with E-state index in [1.807, 2.05) is 24.4 Å². The van der Waals surface area contributed by atoms with E-state index in [4.69, 9.17) is 22.3 Å². The lowest BCUT2D eigenvalue weighted by molar-refractivity contribution is 0.193. The summed E-state index contributed by atoms with van der Waals surface area (Å²) in [6, 6.07) is 10.0. The van der Waals surface area contributed by atoms with Gasteiger partial charge in [0.15, 0.2) is 0 Å². The molecule has 4 rings (SSSR count). The zero-order chi connectivity index (χ0) is 18.8. The standard InChI is InChI=1S/C21H26ClN5/c1-27-11-8-14(9-12-27)16(7-10-23)18-6-5-15(13-24-18)21-25-19-4-2-3-17(22)20(19)26-21/h2-6,13-14,16H,7-12,23H2,1H3,(H,25,26). The number of para-hydroxylation sites is 1. The molecule has 1 saturated heterocycles. The van der Waals surface area contributed by atoms with Crippen LogP contribution in [0, 0.1) is 5.92 Å². The first-order chi connectivity index (χ1) is 13.2. The molecule has 1 fully saturated rings. The van der Waals surface area contributed by atoms with Crippen LogP contribution in [0.1, 0.15) is 30.9 Å². The maximum absolute atomic E-state index is 6.24. The molecule has 5 nitrogen and oxygen atoms in total. The fourth-order valence-corrected chi connectivity index (χ4v) is 4.35. The van der Waals surface area contributed by atoms with Gasteiger partial charge in [-0.1, -0.05) is 17.7 Å². The number of nitrogens with two attached hydrogens (primary N) is 1. The Labute approximate surface area is 165 Å². The molecular weight excluding hydrogens is 358 g/mol. The van der Waals surface area contributed by atoms with Crippen LogP contribution in [0.15, 0.2) is 36.5 Å². The van der Waals surface area contributed by atoms with Crippen LogP contribution in [0.2, 0.25) is 5.02 Å². The molecule has 1 unspecified atom stereocenters. The second kappa shape index (κ2) is 7.97. The molecule has 0 amide bonds. The number of pyridine rings is 1. The number of likely N-dealkylation sites (tertiary alicyclic amines) is 1. The topological polar surface area (TPSA) is 70.8 Å². The molecule has 1 aliphatic rings. The number of H-pyrrole nitrogens is 1. The molecule has 0 saturated carbocycles. The van der Waals surface area contributed by atoms with E-state index in [0.29, 0.717) is 23.4 Å². The van der Waals surface area contributed by atoms with Crippen LogP contribution in [-0.2, 0) is 0 Å². The maximum Gasteiger partial charge on any atom is 0.140 e. The van der Waals surface area contributed by atoms with Gasteiger partial charge in [-0.2, -0.15) is 0 Å². The summed E-state index contributed by atoms with van der Waals surface area (Å²) in [4.78, 5) is 15.2. The van der Waals surface area contributed by atoms with Crippen molar-refractivity contribution in [1.82, 2.24) is 19.9 Å². The first kappa shape index (κ1) is 18.4. The number of benzene rings is 1.